The van der Waals surface area contributed by atoms with Crippen LogP contribution in [-0.2, 0) is 9.59 Å². The summed E-state index contributed by atoms with van der Waals surface area (Å²) < 4.78 is 11.5. The number of hydrogen-bond acceptors (Lipinski definition) is 4. The number of halogens is 2. The monoisotopic (exact) mass is 454 g/mol. The molecule has 0 aromatic heterocycles. The summed E-state index contributed by atoms with van der Waals surface area (Å²) in [5.41, 5.74) is 5.68. The van der Waals surface area contributed by atoms with Crippen molar-refractivity contribution in [2.45, 2.75) is 19.8 Å². The molecule has 0 saturated heterocycles. The molecule has 2 N–H and O–H groups in total. The maximum Gasteiger partial charge on any atom is 0.276 e. The van der Waals surface area contributed by atoms with Gasteiger partial charge in [-0.15, -0.1) is 0 Å². The van der Waals surface area contributed by atoms with Gasteiger partial charge >= 0.3 is 0 Å². The van der Waals surface area contributed by atoms with Crippen LogP contribution in [0.2, 0.25) is 5.02 Å². The summed E-state index contributed by atoms with van der Waals surface area (Å²) in [5, 5.41) is 0.574. The molecule has 0 aliphatic rings. The zero-order chi connectivity index (χ0) is 19.8. The molecule has 2 amide bonds. The Morgan fingerprint density at radius 3 is 2.15 bits per heavy atom. The van der Waals surface area contributed by atoms with Crippen molar-refractivity contribution in [1.29, 1.82) is 0 Å². The number of amides is 2. The SMILES string of the molecule is CC(C)c1ccc(OCC(=O)NNC(=O)COc2ccc(Cl)cc2)c(Br)c1. The van der Waals surface area contributed by atoms with Crippen LogP contribution < -0.4 is 20.3 Å². The van der Waals surface area contributed by atoms with Crippen LogP contribution in [0.15, 0.2) is 46.9 Å². The van der Waals surface area contributed by atoms with E-state index < -0.39 is 11.8 Å². The molecule has 0 fully saturated rings. The summed E-state index contributed by atoms with van der Waals surface area (Å²) in [5.74, 6) is 0.449. The summed E-state index contributed by atoms with van der Waals surface area (Å²) >= 11 is 9.19. The molecule has 0 aliphatic heterocycles. The maximum absolute atomic E-state index is 11.8. The minimum atomic E-state index is -0.499. The van der Waals surface area contributed by atoms with Crippen LogP contribution in [0, 0.1) is 0 Å². The van der Waals surface area contributed by atoms with Gasteiger partial charge in [-0.05, 0) is 63.8 Å². The van der Waals surface area contributed by atoms with Crippen molar-refractivity contribution < 1.29 is 19.1 Å². The third-order valence-electron chi connectivity index (χ3n) is 3.51. The van der Waals surface area contributed by atoms with E-state index in [1.165, 1.54) is 0 Å². The van der Waals surface area contributed by atoms with Crippen molar-refractivity contribution >= 4 is 39.3 Å². The normalized spacial score (nSPS) is 10.4. The fourth-order valence-corrected chi connectivity index (χ4v) is 2.66. The average Bonchev–Trinajstić information content (AvgIpc) is 2.64. The highest BCUT2D eigenvalue weighted by Crippen LogP contribution is 2.28. The topological polar surface area (TPSA) is 76.7 Å². The van der Waals surface area contributed by atoms with E-state index in [1.807, 2.05) is 12.1 Å². The molecule has 0 radical (unpaired) electrons. The van der Waals surface area contributed by atoms with Crippen LogP contribution in [0.25, 0.3) is 0 Å². The number of carbonyl (C=O) groups excluding carboxylic acids is 2. The molecule has 8 heteroatoms. The van der Waals surface area contributed by atoms with Gasteiger partial charge in [-0.25, -0.2) is 0 Å². The molecular formula is C19H20BrClN2O4. The molecule has 0 spiro atoms. The largest absolute Gasteiger partial charge is 0.484 e. The van der Waals surface area contributed by atoms with E-state index >= 15 is 0 Å². The average molecular weight is 456 g/mol. The molecule has 0 unspecified atom stereocenters. The van der Waals surface area contributed by atoms with Gasteiger partial charge in [0.1, 0.15) is 11.5 Å². The van der Waals surface area contributed by atoms with Gasteiger partial charge in [0.15, 0.2) is 13.2 Å². The highest BCUT2D eigenvalue weighted by Gasteiger charge is 2.09. The molecule has 27 heavy (non-hydrogen) atoms. The van der Waals surface area contributed by atoms with Crippen molar-refractivity contribution in [3.05, 3.63) is 57.5 Å². The maximum atomic E-state index is 11.8. The lowest BCUT2D eigenvalue weighted by Crippen LogP contribution is -2.45. The number of ether oxygens (including phenoxy) is 2. The molecule has 0 atom stereocenters. The Kier molecular flexibility index (Phi) is 7.94. The van der Waals surface area contributed by atoms with Crippen LogP contribution in [-0.4, -0.2) is 25.0 Å². The number of carbonyl (C=O) groups is 2. The molecule has 144 valence electrons. The Morgan fingerprint density at radius 1 is 1.00 bits per heavy atom. The molecule has 0 saturated carbocycles. The van der Waals surface area contributed by atoms with Gasteiger partial charge in [0.2, 0.25) is 0 Å². The summed E-state index contributed by atoms with van der Waals surface area (Å²) in [6.45, 7) is 3.70. The van der Waals surface area contributed by atoms with E-state index in [1.54, 1.807) is 30.3 Å². The molecule has 6 nitrogen and oxygen atoms in total. The molecule has 0 aliphatic carbocycles. The standard InChI is InChI=1S/C19H20BrClN2O4/c1-12(2)13-3-8-17(16(20)9-13)27-11-19(25)23-22-18(24)10-26-15-6-4-14(21)5-7-15/h3-9,12H,10-11H2,1-2H3,(H,22,24)(H,23,25). The third-order valence-corrected chi connectivity index (χ3v) is 4.38. The first-order valence-electron chi connectivity index (χ1n) is 8.23. The number of hydrogen-bond donors (Lipinski definition) is 2. The molecule has 0 heterocycles. The fourth-order valence-electron chi connectivity index (χ4n) is 2.03. The second-order valence-electron chi connectivity index (χ2n) is 5.97. The van der Waals surface area contributed by atoms with Gasteiger partial charge in [0, 0.05) is 5.02 Å². The second kappa shape index (κ2) is 10.2. The van der Waals surface area contributed by atoms with Crippen molar-refractivity contribution in [3.8, 4) is 11.5 Å². The third kappa shape index (κ3) is 7.11. The van der Waals surface area contributed by atoms with Crippen LogP contribution in [0.3, 0.4) is 0 Å². The highest BCUT2D eigenvalue weighted by molar-refractivity contribution is 9.10. The Balaban J connectivity index is 1.71. The lowest BCUT2D eigenvalue weighted by Gasteiger charge is -2.12. The molecule has 0 bridgehead atoms. The summed E-state index contributed by atoms with van der Waals surface area (Å²) in [6, 6.07) is 12.3. The van der Waals surface area contributed by atoms with Crippen LogP contribution in [0.1, 0.15) is 25.3 Å². The van der Waals surface area contributed by atoms with Crippen molar-refractivity contribution in [2.75, 3.05) is 13.2 Å². The van der Waals surface area contributed by atoms with Crippen LogP contribution >= 0.6 is 27.5 Å². The Morgan fingerprint density at radius 2 is 1.59 bits per heavy atom. The smallest absolute Gasteiger partial charge is 0.276 e. The first-order chi connectivity index (χ1) is 12.8. The van der Waals surface area contributed by atoms with Gasteiger partial charge in [0.25, 0.3) is 11.8 Å². The van der Waals surface area contributed by atoms with E-state index in [-0.39, 0.29) is 13.2 Å². The Hall–Kier alpha value is -2.25. The van der Waals surface area contributed by atoms with Crippen molar-refractivity contribution in [1.82, 2.24) is 10.9 Å². The first kappa shape index (κ1) is 21.1. The fraction of sp³-hybridized carbons (Fsp3) is 0.263. The van der Waals surface area contributed by atoms with Gasteiger partial charge in [0.05, 0.1) is 4.47 Å². The van der Waals surface area contributed by atoms with E-state index in [4.69, 9.17) is 21.1 Å². The van der Waals surface area contributed by atoms with E-state index in [9.17, 15) is 9.59 Å². The van der Waals surface area contributed by atoms with Crippen LogP contribution in [0.4, 0.5) is 0 Å². The molecule has 2 aromatic rings. The number of benzene rings is 2. The number of hydrazine groups is 1. The van der Waals surface area contributed by atoms with Gasteiger partial charge in [-0.3, -0.25) is 20.4 Å². The van der Waals surface area contributed by atoms with Crippen molar-refractivity contribution in [3.63, 3.8) is 0 Å². The van der Waals surface area contributed by atoms with Gasteiger partial charge in [-0.2, -0.15) is 0 Å². The minimum absolute atomic E-state index is 0.238. The summed E-state index contributed by atoms with van der Waals surface area (Å²) in [7, 11) is 0. The highest BCUT2D eigenvalue weighted by atomic mass is 79.9. The van der Waals surface area contributed by atoms with Gasteiger partial charge < -0.3 is 9.47 Å². The molecule has 2 rings (SSSR count). The lowest BCUT2D eigenvalue weighted by atomic mass is 10.0. The minimum Gasteiger partial charge on any atom is -0.484 e. The first-order valence-corrected chi connectivity index (χ1v) is 9.40. The Labute approximate surface area is 171 Å². The quantitative estimate of drug-likeness (QED) is 0.622. The molecule has 2 aromatic carbocycles. The zero-order valence-corrected chi connectivity index (χ0v) is 17.3. The van der Waals surface area contributed by atoms with Gasteiger partial charge in [-0.1, -0.05) is 31.5 Å². The van der Waals surface area contributed by atoms with E-state index in [2.05, 4.69) is 40.6 Å². The lowest BCUT2D eigenvalue weighted by molar-refractivity contribution is -0.131. The second-order valence-corrected chi connectivity index (χ2v) is 7.26. The summed E-state index contributed by atoms with van der Waals surface area (Å²) in [6.07, 6.45) is 0. The number of nitrogens with one attached hydrogen (secondary N) is 2. The zero-order valence-electron chi connectivity index (χ0n) is 14.9. The molecular weight excluding hydrogens is 436 g/mol. The Bertz CT molecular complexity index is 797. The predicted octanol–water partition coefficient (Wildman–Crippen LogP) is 3.83. The van der Waals surface area contributed by atoms with Crippen LogP contribution in [0.5, 0.6) is 11.5 Å². The van der Waals surface area contributed by atoms with E-state index in [0.717, 1.165) is 10.0 Å². The predicted molar refractivity (Wildman–Crippen MR) is 107 cm³/mol. The number of rotatable bonds is 7. The van der Waals surface area contributed by atoms with Crippen molar-refractivity contribution in [2.24, 2.45) is 0 Å². The summed E-state index contributed by atoms with van der Waals surface area (Å²) in [4.78, 5) is 23.5. The van der Waals surface area contributed by atoms with E-state index in [0.29, 0.717) is 22.4 Å².